The second kappa shape index (κ2) is 6.71. The molecule has 3 rings (SSSR count). The Balaban J connectivity index is 1.44. The normalized spacial score (nSPS) is 26.7. The topological polar surface area (TPSA) is 23.6 Å². The Labute approximate surface area is 127 Å². The average molecular weight is 286 g/mol. The zero-order valence-corrected chi connectivity index (χ0v) is 13.0. The fraction of sp³-hybridized carbons (Fsp3) is 0.611. The molecule has 2 aliphatic rings. The molecule has 3 nitrogen and oxygen atoms in total. The van der Waals surface area contributed by atoms with Crippen molar-refractivity contribution in [3.05, 3.63) is 35.9 Å². The molecule has 2 fully saturated rings. The molecular formula is C18H26N2O. The highest BCUT2D eigenvalue weighted by Gasteiger charge is 2.34. The van der Waals surface area contributed by atoms with Gasteiger partial charge in [0.1, 0.15) is 0 Å². The van der Waals surface area contributed by atoms with Crippen LogP contribution < -0.4 is 0 Å². The van der Waals surface area contributed by atoms with Crippen LogP contribution in [0.5, 0.6) is 0 Å². The van der Waals surface area contributed by atoms with Crippen LogP contribution in [0.4, 0.5) is 0 Å². The van der Waals surface area contributed by atoms with Crippen LogP contribution in [0.1, 0.15) is 42.5 Å². The van der Waals surface area contributed by atoms with Crippen LogP contribution in [0.15, 0.2) is 30.3 Å². The SMILES string of the molecule is CN1C2CCC1CN(CCCC(=O)c1ccccc1)CC2. The first-order valence-electron chi connectivity index (χ1n) is 8.26. The zero-order chi connectivity index (χ0) is 14.7. The summed E-state index contributed by atoms with van der Waals surface area (Å²) in [6.45, 7) is 3.45. The molecule has 2 atom stereocenters. The van der Waals surface area contributed by atoms with Crippen molar-refractivity contribution < 1.29 is 4.79 Å². The number of rotatable bonds is 5. The standard InChI is InChI=1S/C18H26N2O/c1-19-16-9-10-17(19)14-20(13-11-16)12-5-8-18(21)15-6-3-2-4-7-15/h2-4,6-7,16-17H,5,8-14H2,1H3. The number of hydrogen-bond donors (Lipinski definition) is 0. The minimum atomic E-state index is 0.282. The van der Waals surface area contributed by atoms with E-state index in [1.807, 2.05) is 30.3 Å². The molecule has 1 aromatic carbocycles. The third-order valence-corrected chi connectivity index (χ3v) is 5.21. The van der Waals surface area contributed by atoms with Gasteiger partial charge in [0.15, 0.2) is 5.78 Å². The van der Waals surface area contributed by atoms with Crippen LogP contribution >= 0.6 is 0 Å². The lowest BCUT2D eigenvalue weighted by Gasteiger charge is -2.25. The van der Waals surface area contributed by atoms with E-state index in [-0.39, 0.29) is 5.78 Å². The van der Waals surface area contributed by atoms with Crippen molar-refractivity contribution in [2.75, 3.05) is 26.7 Å². The lowest BCUT2D eigenvalue weighted by molar-refractivity contribution is 0.0974. The first kappa shape index (κ1) is 14.7. The molecule has 0 N–H and O–H groups in total. The predicted molar refractivity (Wildman–Crippen MR) is 85.6 cm³/mol. The smallest absolute Gasteiger partial charge is 0.162 e. The van der Waals surface area contributed by atoms with Crippen molar-refractivity contribution in [1.29, 1.82) is 0 Å². The minimum Gasteiger partial charge on any atom is -0.302 e. The van der Waals surface area contributed by atoms with Crippen molar-refractivity contribution in [2.45, 2.75) is 44.2 Å². The van der Waals surface area contributed by atoms with E-state index in [4.69, 9.17) is 0 Å². The number of nitrogens with zero attached hydrogens (tertiary/aromatic N) is 2. The van der Waals surface area contributed by atoms with Gasteiger partial charge in [-0.05, 0) is 45.8 Å². The highest BCUT2D eigenvalue weighted by molar-refractivity contribution is 5.95. The highest BCUT2D eigenvalue weighted by atomic mass is 16.1. The molecule has 0 radical (unpaired) electrons. The van der Waals surface area contributed by atoms with Gasteiger partial charge in [0.2, 0.25) is 0 Å². The van der Waals surface area contributed by atoms with Crippen LogP contribution in [-0.2, 0) is 0 Å². The maximum absolute atomic E-state index is 12.1. The van der Waals surface area contributed by atoms with E-state index >= 15 is 0 Å². The Morgan fingerprint density at radius 2 is 1.90 bits per heavy atom. The van der Waals surface area contributed by atoms with E-state index in [9.17, 15) is 4.79 Å². The van der Waals surface area contributed by atoms with Crippen molar-refractivity contribution in [3.8, 4) is 0 Å². The summed E-state index contributed by atoms with van der Waals surface area (Å²) in [4.78, 5) is 17.3. The number of likely N-dealkylation sites (tertiary alicyclic amines) is 1. The molecule has 0 spiro atoms. The molecule has 114 valence electrons. The quantitative estimate of drug-likeness (QED) is 0.778. The number of ketones is 1. The summed E-state index contributed by atoms with van der Waals surface area (Å²) >= 11 is 0. The van der Waals surface area contributed by atoms with Gasteiger partial charge in [-0.2, -0.15) is 0 Å². The molecule has 0 saturated carbocycles. The maximum Gasteiger partial charge on any atom is 0.162 e. The van der Waals surface area contributed by atoms with E-state index in [0.717, 1.165) is 30.6 Å². The molecule has 0 aliphatic carbocycles. The number of hydrogen-bond acceptors (Lipinski definition) is 3. The summed E-state index contributed by atoms with van der Waals surface area (Å²) in [5.74, 6) is 0.282. The van der Waals surface area contributed by atoms with Gasteiger partial charge in [-0.15, -0.1) is 0 Å². The average Bonchev–Trinajstić information content (AvgIpc) is 2.75. The van der Waals surface area contributed by atoms with E-state index in [1.165, 1.54) is 32.4 Å². The molecule has 2 unspecified atom stereocenters. The van der Waals surface area contributed by atoms with Crippen molar-refractivity contribution >= 4 is 5.78 Å². The monoisotopic (exact) mass is 286 g/mol. The molecule has 3 heteroatoms. The van der Waals surface area contributed by atoms with Crippen LogP contribution in [0.3, 0.4) is 0 Å². The fourth-order valence-corrected chi connectivity index (χ4v) is 3.81. The lowest BCUT2D eigenvalue weighted by Crippen LogP contribution is -2.37. The molecule has 0 aromatic heterocycles. The summed E-state index contributed by atoms with van der Waals surface area (Å²) in [6, 6.07) is 11.2. The van der Waals surface area contributed by atoms with Gasteiger partial charge < -0.3 is 4.90 Å². The Morgan fingerprint density at radius 3 is 2.71 bits per heavy atom. The molecule has 21 heavy (non-hydrogen) atoms. The second-order valence-corrected chi connectivity index (χ2v) is 6.53. The summed E-state index contributed by atoms with van der Waals surface area (Å²) in [6.07, 6.45) is 5.67. The lowest BCUT2D eigenvalue weighted by atomic mass is 10.1. The van der Waals surface area contributed by atoms with Crippen LogP contribution in [0.25, 0.3) is 0 Å². The van der Waals surface area contributed by atoms with Crippen molar-refractivity contribution in [3.63, 3.8) is 0 Å². The Kier molecular flexibility index (Phi) is 4.71. The second-order valence-electron chi connectivity index (χ2n) is 6.53. The number of likely N-dealkylation sites (N-methyl/N-ethyl adjacent to an activating group) is 1. The van der Waals surface area contributed by atoms with Gasteiger partial charge in [0.25, 0.3) is 0 Å². The summed E-state index contributed by atoms with van der Waals surface area (Å²) in [5.41, 5.74) is 0.854. The van der Waals surface area contributed by atoms with Crippen LogP contribution in [-0.4, -0.2) is 54.3 Å². The predicted octanol–water partition coefficient (Wildman–Crippen LogP) is 2.82. The third-order valence-electron chi connectivity index (χ3n) is 5.21. The number of benzene rings is 1. The van der Waals surface area contributed by atoms with Crippen molar-refractivity contribution in [2.24, 2.45) is 0 Å². The Hall–Kier alpha value is -1.19. The summed E-state index contributed by atoms with van der Waals surface area (Å²) < 4.78 is 0. The number of Topliss-reactive ketones (excluding diaryl/α,β-unsaturated/α-hetero) is 1. The van der Waals surface area contributed by atoms with E-state index in [1.54, 1.807) is 0 Å². The number of carbonyl (C=O) groups is 1. The van der Waals surface area contributed by atoms with E-state index in [0.29, 0.717) is 6.42 Å². The highest BCUT2D eigenvalue weighted by Crippen LogP contribution is 2.28. The third kappa shape index (κ3) is 3.53. The minimum absolute atomic E-state index is 0.282. The van der Waals surface area contributed by atoms with Crippen molar-refractivity contribution in [1.82, 2.24) is 9.80 Å². The zero-order valence-electron chi connectivity index (χ0n) is 13.0. The maximum atomic E-state index is 12.1. The molecule has 2 saturated heterocycles. The first-order chi connectivity index (χ1) is 10.2. The van der Waals surface area contributed by atoms with Crippen LogP contribution in [0.2, 0.25) is 0 Å². The Bertz CT molecular complexity index is 473. The van der Waals surface area contributed by atoms with E-state index < -0.39 is 0 Å². The first-order valence-corrected chi connectivity index (χ1v) is 8.26. The number of carbonyl (C=O) groups excluding carboxylic acids is 1. The molecule has 2 bridgehead atoms. The van der Waals surface area contributed by atoms with E-state index in [2.05, 4.69) is 16.8 Å². The summed E-state index contributed by atoms with van der Waals surface area (Å²) in [7, 11) is 2.28. The van der Waals surface area contributed by atoms with Gasteiger partial charge in [-0.25, -0.2) is 0 Å². The molecular weight excluding hydrogens is 260 g/mol. The largest absolute Gasteiger partial charge is 0.302 e. The number of fused-ring (bicyclic) bond motifs is 2. The van der Waals surface area contributed by atoms with Crippen LogP contribution in [0, 0.1) is 0 Å². The molecule has 1 aromatic rings. The fourth-order valence-electron chi connectivity index (χ4n) is 3.81. The van der Waals surface area contributed by atoms with Gasteiger partial charge in [0, 0.05) is 30.6 Å². The molecule has 2 aliphatic heterocycles. The van der Waals surface area contributed by atoms with Gasteiger partial charge >= 0.3 is 0 Å². The summed E-state index contributed by atoms with van der Waals surface area (Å²) in [5, 5.41) is 0. The molecule has 2 heterocycles. The van der Waals surface area contributed by atoms with Gasteiger partial charge in [-0.1, -0.05) is 30.3 Å². The molecule has 0 amide bonds. The Morgan fingerprint density at radius 1 is 1.14 bits per heavy atom. The van der Waals surface area contributed by atoms with Gasteiger partial charge in [-0.3, -0.25) is 9.69 Å². The van der Waals surface area contributed by atoms with Gasteiger partial charge in [0.05, 0.1) is 0 Å².